The number of aryl methyl sites for hydroxylation is 2. The molecule has 0 bridgehead atoms. The van der Waals surface area contributed by atoms with E-state index in [1.165, 1.54) is 5.56 Å². The molecule has 0 radical (unpaired) electrons. The van der Waals surface area contributed by atoms with Crippen LogP contribution < -0.4 is 5.32 Å². The number of amides is 1. The summed E-state index contributed by atoms with van der Waals surface area (Å²) in [5.74, 6) is 0.353. The first-order valence-electron chi connectivity index (χ1n) is 10.5. The minimum atomic E-state index is -0.000502. The van der Waals surface area contributed by atoms with Crippen molar-refractivity contribution in [3.8, 4) is 5.69 Å². The molecule has 5 heteroatoms. The molecule has 0 aliphatic carbocycles. The number of carbonyl (C=O) groups excluding carboxylic acids is 1. The van der Waals surface area contributed by atoms with Gasteiger partial charge in [-0.15, -0.1) is 0 Å². The van der Waals surface area contributed by atoms with Crippen LogP contribution in [-0.2, 0) is 11.3 Å². The second kappa shape index (κ2) is 9.26. The van der Waals surface area contributed by atoms with Gasteiger partial charge in [-0.2, -0.15) is 5.10 Å². The first-order valence-corrected chi connectivity index (χ1v) is 10.5. The number of nitrogens with one attached hydrogen (secondary N) is 1. The number of benzene rings is 2. The number of anilines is 1. The van der Waals surface area contributed by atoms with Gasteiger partial charge in [0.15, 0.2) is 0 Å². The molecule has 30 heavy (non-hydrogen) atoms. The van der Waals surface area contributed by atoms with E-state index in [0.29, 0.717) is 19.0 Å². The highest BCUT2D eigenvalue weighted by atomic mass is 16.2. The molecule has 158 valence electrons. The van der Waals surface area contributed by atoms with E-state index >= 15 is 0 Å². The molecule has 0 saturated heterocycles. The molecule has 0 aliphatic rings. The number of aromatic nitrogens is 2. The van der Waals surface area contributed by atoms with E-state index in [9.17, 15) is 4.79 Å². The number of carbonyl (C=O) groups is 1. The van der Waals surface area contributed by atoms with Gasteiger partial charge in [0.05, 0.1) is 17.9 Å². The van der Waals surface area contributed by atoms with Crippen LogP contribution in [0.2, 0.25) is 0 Å². The molecular formula is C25H32N4O. The summed E-state index contributed by atoms with van der Waals surface area (Å²) < 4.78 is 1.97. The number of para-hydroxylation sites is 2. The number of hydrogen-bond donors (Lipinski definition) is 1. The Morgan fingerprint density at radius 3 is 2.43 bits per heavy atom. The molecule has 3 aromatic rings. The van der Waals surface area contributed by atoms with Crippen molar-refractivity contribution in [2.75, 3.05) is 18.9 Å². The first-order chi connectivity index (χ1) is 14.3. The molecule has 0 aliphatic heterocycles. The smallest absolute Gasteiger partial charge is 0.238 e. The molecular weight excluding hydrogens is 372 g/mol. The predicted octanol–water partition coefficient (Wildman–Crippen LogP) is 4.99. The first kappa shape index (κ1) is 21.8. The summed E-state index contributed by atoms with van der Waals surface area (Å²) in [6, 6.07) is 16.3. The summed E-state index contributed by atoms with van der Waals surface area (Å²) in [5, 5.41) is 7.85. The van der Waals surface area contributed by atoms with E-state index in [2.05, 4.69) is 44.3 Å². The van der Waals surface area contributed by atoms with Crippen LogP contribution in [0.1, 0.15) is 47.8 Å². The number of nitrogens with zero attached hydrogens (tertiary/aromatic N) is 3. The van der Waals surface area contributed by atoms with Gasteiger partial charge in [0.1, 0.15) is 0 Å². The largest absolute Gasteiger partial charge is 0.324 e. The minimum absolute atomic E-state index is 0.000502. The lowest BCUT2D eigenvalue weighted by Gasteiger charge is -2.20. The van der Waals surface area contributed by atoms with Crippen molar-refractivity contribution >= 4 is 11.6 Å². The standard InChI is InChI=1S/C25H32N4O/c1-17(2)22-14-10-11-18(3)25(22)26-24(30)16-28(6)15-23-19(4)27-29(20(23)5)21-12-8-7-9-13-21/h7-14,17H,15-16H2,1-6H3,(H,26,30). The molecule has 3 rings (SSSR count). The zero-order chi connectivity index (χ0) is 21.8. The molecule has 1 aromatic heterocycles. The molecule has 0 atom stereocenters. The molecule has 0 fully saturated rings. The summed E-state index contributed by atoms with van der Waals surface area (Å²) in [6.45, 7) is 11.4. The second-order valence-electron chi connectivity index (χ2n) is 8.31. The maximum atomic E-state index is 12.8. The van der Waals surface area contributed by atoms with Crippen LogP contribution in [0.5, 0.6) is 0 Å². The van der Waals surface area contributed by atoms with Crippen LogP contribution in [0, 0.1) is 20.8 Å². The van der Waals surface area contributed by atoms with Crippen molar-refractivity contribution in [2.24, 2.45) is 0 Å². The average molecular weight is 405 g/mol. The number of rotatable bonds is 7. The monoisotopic (exact) mass is 404 g/mol. The lowest BCUT2D eigenvalue weighted by Crippen LogP contribution is -2.30. The van der Waals surface area contributed by atoms with Gasteiger partial charge < -0.3 is 5.32 Å². The second-order valence-corrected chi connectivity index (χ2v) is 8.31. The molecule has 0 saturated carbocycles. The Bertz CT molecular complexity index is 1020. The van der Waals surface area contributed by atoms with Gasteiger partial charge >= 0.3 is 0 Å². The summed E-state index contributed by atoms with van der Waals surface area (Å²) in [4.78, 5) is 14.8. The molecule has 0 unspecified atom stereocenters. The highest BCUT2D eigenvalue weighted by molar-refractivity contribution is 5.93. The van der Waals surface area contributed by atoms with Crippen molar-refractivity contribution in [2.45, 2.75) is 47.1 Å². The average Bonchev–Trinajstić information content (AvgIpc) is 2.98. The predicted molar refractivity (Wildman–Crippen MR) is 123 cm³/mol. The Kier molecular flexibility index (Phi) is 6.73. The SMILES string of the molecule is Cc1cccc(C(C)C)c1NC(=O)CN(C)Cc1c(C)nn(-c2ccccc2)c1C. The summed E-state index contributed by atoms with van der Waals surface area (Å²) in [5.41, 5.74) is 7.50. The normalized spacial score (nSPS) is 11.3. The third-order valence-electron chi connectivity index (χ3n) is 5.47. The van der Waals surface area contributed by atoms with E-state index in [-0.39, 0.29) is 5.91 Å². The van der Waals surface area contributed by atoms with Gasteiger partial charge in [0, 0.05) is 23.5 Å². The lowest BCUT2D eigenvalue weighted by atomic mass is 9.98. The van der Waals surface area contributed by atoms with Crippen LogP contribution >= 0.6 is 0 Å². The Labute approximate surface area is 179 Å². The fourth-order valence-corrected chi connectivity index (χ4v) is 3.82. The maximum absolute atomic E-state index is 12.8. The third-order valence-corrected chi connectivity index (χ3v) is 5.47. The molecule has 5 nitrogen and oxygen atoms in total. The van der Waals surface area contributed by atoms with Crippen molar-refractivity contribution in [1.82, 2.24) is 14.7 Å². The van der Waals surface area contributed by atoms with Gasteiger partial charge in [-0.05, 0) is 57.0 Å². The highest BCUT2D eigenvalue weighted by Crippen LogP contribution is 2.27. The fraction of sp³-hybridized carbons (Fsp3) is 0.360. The zero-order valence-corrected chi connectivity index (χ0v) is 18.9. The number of likely N-dealkylation sites (N-methyl/N-ethyl adjacent to an activating group) is 1. The van der Waals surface area contributed by atoms with Crippen LogP contribution in [-0.4, -0.2) is 34.2 Å². The zero-order valence-electron chi connectivity index (χ0n) is 18.9. The molecule has 2 aromatic carbocycles. The molecule has 1 heterocycles. The van der Waals surface area contributed by atoms with Gasteiger partial charge in [0.2, 0.25) is 5.91 Å². The van der Waals surface area contributed by atoms with Gasteiger partial charge in [-0.3, -0.25) is 9.69 Å². The van der Waals surface area contributed by atoms with E-state index in [1.807, 2.05) is 60.8 Å². The highest BCUT2D eigenvalue weighted by Gasteiger charge is 2.17. The van der Waals surface area contributed by atoms with Crippen molar-refractivity contribution in [3.05, 3.63) is 76.6 Å². The van der Waals surface area contributed by atoms with Crippen molar-refractivity contribution < 1.29 is 4.79 Å². The summed E-state index contributed by atoms with van der Waals surface area (Å²) in [7, 11) is 1.97. The van der Waals surface area contributed by atoms with Crippen LogP contribution in [0.15, 0.2) is 48.5 Å². The number of hydrogen-bond acceptors (Lipinski definition) is 3. The van der Waals surface area contributed by atoms with E-state index in [1.54, 1.807) is 0 Å². The Morgan fingerprint density at radius 1 is 1.07 bits per heavy atom. The topological polar surface area (TPSA) is 50.2 Å². The maximum Gasteiger partial charge on any atom is 0.238 e. The third kappa shape index (κ3) is 4.79. The molecule has 1 N–H and O–H groups in total. The summed E-state index contributed by atoms with van der Waals surface area (Å²) >= 11 is 0. The van der Waals surface area contributed by atoms with Gasteiger partial charge in [-0.1, -0.05) is 50.2 Å². The van der Waals surface area contributed by atoms with E-state index < -0.39 is 0 Å². The Hall–Kier alpha value is -2.92. The van der Waals surface area contributed by atoms with Crippen molar-refractivity contribution in [1.29, 1.82) is 0 Å². The van der Waals surface area contributed by atoms with Crippen LogP contribution in [0.25, 0.3) is 5.69 Å². The minimum Gasteiger partial charge on any atom is -0.324 e. The molecule has 1 amide bonds. The Balaban J connectivity index is 1.70. The van der Waals surface area contributed by atoms with Gasteiger partial charge in [0.25, 0.3) is 0 Å². The summed E-state index contributed by atoms with van der Waals surface area (Å²) in [6.07, 6.45) is 0. The van der Waals surface area contributed by atoms with Crippen molar-refractivity contribution in [3.63, 3.8) is 0 Å². The Morgan fingerprint density at radius 2 is 1.77 bits per heavy atom. The van der Waals surface area contributed by atoms with Crippen LogP contribution in [0.4, 0.5) is 5.69 Å². The quantitative estimate of drug-likeness (QED) is 0.603. The lowest BCUT2D eigenvalue weighted by molar-refractivity contribution is -0.117. The van der Waals surface area contributed by atoms with Crippen LogP contribution in [0.3, 0.4) is 0 Å². The van der Waals surface area contributed by atoms with E-state index in [4.69, 9.17) is 5.10 Å². The van der Waals surface area contributed by atoms with E-state index in [0.717, 1.165) is 33.9 Å². The molecule has 0 spiro atoms. The van der Waals surface area contributed by atoms with Gasteiger partial charge in [-0.25, -0.2) is 4.68 Å². The fourth-order valence-electron chi connectivity index (χ4n) is 3.82.